The average Bonchev–Trinajstić information content (AvgIpc) is 2.79. The van der Waals surface area contributed by atoms with Crippen molar-refractivity contribution in [3.8, 4) is 0 Å². The molecule has 0 unspecified atom stereocenters. The Bertz CT molecular complexity index is 1040. The molecule has 2 aromatic heterocycles. The van der Waals surface area contributed by atoms with Gasteiger partial charge in [-0.05, 0) is 18.2 Å². The summed E-state index contributed by atoms with van der Waals surface area (Å²) in [6, 6.07) is 15.9. The average molecular weight is 262 g/mol. The lowest BCUT2D eigenvalue weighted by Crippen LogP contribution is -2.10. The fourth-order valence-electron chi connectivity index (χ4n) is 3.18. The van der Waals surface area contributed by atoms with Crippen LogP contribution in [0.15, 0.2) is 53.3 Å². The first-order valence-electron chi connectivity index (χ1n) is 6.65. The molecule has 0 bridgehead atoms. The lowest BCUT2D eigenvalue weighted by molar-refractivity contribution is 0.979. The number of aromatic nitrogens is 2. The second-order valence-electron chi connectivity index (χ2n) is 5.18. The van der Waals surface area contributed by atoms with Crippen LogP contribution in [0.2, 0.25) is 0 Å². The van der Waals surface area contributed by atoms with Crippen LogP contribution in [0, 0.1) is 0 Å². The van der Waals surface area contributed by atoms with Gasteiger partial charge < -0.3 is 9.13 Å². The van der Waals surface area contributed by atoms with Gasteiger partial charge in [0.25, 0.3) is 0 Å². The maximum atomic E-state index is 12.8. The molecule has 0 aliphatic carbocycles. The minimum absolute atomic E-state index is 0.104. The molecular weight excluding hydrogens is 248 g/mol. The van der Waals surface area contributed by atoms with Gasteiger partial charge in [0.2, 0.25) is 5.43 Å². The minimum atomic E-state index is 0.104. The number of fused-ring (bicyclic) bond motifs is 4. The van der Waals surface area contributed by atoms with Crippen LogP contribution in [0.4, 0.5) is 0 Å². The maximum absolute atomic E-state index is 12.8. The molecule has 4 rings (SSSR count). The highest BCUT2D eigenvalue weighted by atomic mass is 16.1. The van der Waals surface area contributed by atoms with Gasteiger partial charge in [-0.2, -0.15) is 0 Å². The lowest BCUT2D eigenvalue weighted by atomic mass is 10.1. The van der Waals surface area contributed by atoms with Crippen LogP contribution in [-0.4, -0.2) is 9.13 Å². The van der Waals surface area contributed by atoms with E-state index in [0.717, 1.165) is 32.8 Å². The summed E-state index contributed by atoms with van der Waals surface area (Å²) in [4.78, 5) is 12.8. The SMILES string of the molecule is Cn1c2ccccc2c2c1c(=O)c1ccccc1n2C. The summed E-state index contributed by atoms with van der Waals surface area (Å²) in [5, 5.41) is 1.89. The van der Waals surface area contributed by atoms with E-state index in [1.807, 2.05) is 55.1 Å². The Labute approximate surface area is 115 Å². The first-order valence-corrected chi connectivity index (χ1v) is 6.65. The second kappa shape index (κ2) is 3.73. The van der Waals surface area contributed by atoms with Crippen LogP contribution in [0.5, 0.6) is 0 Å². The summed E-state index contributed by atoms with van der Waals surface area (Å²) >= 11 is 0. The molecule has 0 N–H and O–H groups in total. The highest BCUT2D eigenvalue weighted by Gasteiger charge is 2.15. The molecule has 2 aromatic carbocycles. The molecule has 2 heterocycles. The number of rotatable bonds is 0. The van der Waals surface area contributed by atoms with Crippen molar-refractivity contribution in [1.82, 2.24) is 9.13 Å². The van der Waals surface area contributed by atoms with E-state index in [0.29, 0.717) is 0 Å². The molecular formula is C17H14N2O. The molecule has 0 aliphatic heterocycles. The summed E-state index contributed by atoms with van der Waals surface area (Å²) < 4.78 is 4.12. The first kappa shape index (κ1) is 11.3. The number of nitrogens with zero attached hydrogens (tertiary/aromatic N) is 2. The van der Waals surface area contributed by atoms with Crippen molar-refractivity contribution >= 4 is 32.8 Å². The summed E-state index contributed by atoms with van der Waals surface area (Å²) in [5.74, 6) is 0. The molecule has 0 saturated heterocycles. The van der Waals surface area contributed by atoms with Gasteiger partial charge in [-0.25, -0.2) is 0 Å². The van der Waals surface area contributed by atoms with Gasteiger partial charge in [-0.1, -0.05) is 30.3 Å². The smallest absolute Gasteiger partial charge is 0.213 e. The molecule has 20 heavy (non-hydrogen) atoms. The van der Waals surface area contributed by atoms with Crippen molar-refractivity contribution in [3.63, 3.8) is 0 Å². The number of hydrogen-bond acceptors (Lipinski definition) is 1. The van der Waals surface area contributed by atoms with Crippen molar-refractivity contribution in [2.45, 2.75) is 0 Å². The summed E-state index contributed by atoms with van der Waals surface area (Å²) in [7, 11) is 3.98. The molecule has 98 valence electrons. The van der Waals surface area contributed by atoms with E-state index in [1.165, 1.54) is 0 Å². The van der Waals surface area contributed by atoms with Gasteiger partial charge in [0, 0.05) is 24.9 Å². The van der Waals surface area contributed by atoms with E-state index in [1.54, 1.807) is 0 Å². The number of aryl methyl sites for hydroxylation is 2. The number of hydrogen-bond donors (Lipinski definition) is 0. The highest BCUT2D eigenvalue weighted by Crippen LogP contribution is 2.28. The van der Waals surface area contributed by atoms with Crippen LogP contribution in [0.3, 0.4) is 0 Å². The van der Waals surface area contributed by atoms with Gasteiger partial charge in [0.1, 0.15) is 5.52 Å². The Kier molecular flexibility index (Phi) is 2.11. The zero-order valence-corrected chi connectivity index (χ0v) is 11.4. The van der Waals surface area contributed by atoms with Crippen LogP contribution in [-0.2, 0) is 14.1 Å². The standard InChI is InChI=1S/C17H14N2O/c1-18-14-10-6-4-8-12(14)17(20)16-15(18)11-7-3-5-9-13(11)19(16)2/h3-10H,1-2H3. The highest BCUT2D eigenvalue weighted by molar-refractivity contribution is 6.09. The fraction of sp³-hybridized carbons (Fsp3) is 0.118. The summed E-state index contributed by atoms with van der Waals surface area (Å²) in [6.07, 6.45) is 0. The van der Waals surface area contributed by atoms with Crippen LogP contribution < -0.4 is 5.43 Å². The molecule has 3 heteroatoms. The third kappa shape index (κ3) is 1.22. The van der Waals surface area contributed by atoms with Crippen molar-refractivity contribution in [2.24, 2.45) is 14.1 Å². The number of benzene rings is 2. The van der Waals surface area contributed by atoms with Gasteiger partial charge in [0.15, 0.2) is 0 Å². The molecule has 3 nitrogen and oxygen atoms in total. The third-order valence-electron chi connectivity index (χ3n) is 4.14. The maximum Gasteiger partial charge on any atom is 0.213 e. The molecule has 0 saturated carbocycles. The van der Waals surface area contributed by atoms with Gasteiger partial charge in [-0.15, -0.1) is 0 Å². The van der Waals surface area contributed by atoms with Gasteiger partial charge in [-0.3, -0.25) is 4.79 Å². The summed E-state index contributed by atoms with van der Waals surface area (Å²) in [5.41, 5.74) is 3.94. The predicted octanol–water partition coefficient (Wildman–Crippen LogP) is 3.18. The van der Waals surface area contributed by atoms with Crippen molar-refractivity contribution in [1.29, 1.82) is 0 Å². The topological polar surface area (TPSA) is 26.9 Å². The van der Waals surface area contributed by atoms with Crippen LogP contribution >= 0.6 is 0 Å². The largest absolute Gasteiger partial charge is 0.342 e. The Morgan fingerprint density at radius 3 is 1.90 bits per heavy atom. The van der Waals surface area contributed by atoms with Gasteiger partial charge in [0.05, 0.1) is 16.6 Å². The Morgan fingerprint density at radius 2 is 1.20 bits per heavy atom. The Morgan fingerprint density at radius 1 is 0.700 bits per heavy atom. The predicted molar refractivity (Wildman–Crippen MR) is 83.2 cm³/mol. The fourth-order valence-corrected chi connectivity index (χ4v) is 3.18. The zero-order valence-electron chi connectivity index (χ0n) is 11.4. The van der Waals surface area contributed by atoms with Crippen molar-refractivity contribution in [3.05, 3.63) is 58.8 Å². The third-order valence-corrected chi connectivity index (χ3v) is 4.14. The molecule has 0 amide bonds. The molecule has 0 spiro atoms. The monoisotopic (exact) mass is 262 g/mol. The van der Waals surface area contributed by atoms with E-state index in [4.69, 9.17) is 0 Å². The van der Waals surface area contributed by atoms with Crippen molar-refractivity contribution in [2.75, 3.05) is 0 Å². The number of pyridine rings is 1. The van der Waals surface area contributed by atoms with E-state index in [-0.39, 0.29) is 5.43 Å². The molecule has 4 aromatic rings. The molecule has 0 atom stereocenters. The first-order chi connectivity index (χ1) is 9.70. The second-order valence-corrected chi connectivity index (χ2v) is 5.18. The van der Waals surface area contributed by atoms with Crippen LogP contribution in [0.25, 0.3) is 32.8 Å². The summed E-state index contributed by atoms with van der Waals surface area (Å²) in [6.45, 7) is 0. The minimum Gasteiger partial charge on any atom is -0.342 e. The molecule has 0 radical (unpaired) electrons. The zero-order chi connectivity index (χ0) is 13.9. The van der Waals surface area contributed by atoms with Gasteiger partial charge >= 0.3 is 0 Å². The Balaban J connectivity index is 2.48. The van der Waals surface area contributed by atoms with E-state index in [9.17, 15) is 4.79 Å². The number of para-hydroxylation sites is 2. The van der Waals surface area contributed by atoms with E-state index < -0.39 is 0 Å². The Hall–Kier alpha value is -2.55. The quantitative estimate of drug-likeness (QED) is 0.478. The molecule has 0 aliphatic rings. The van der Waals surface area contributed by atoms with E-state index >= 15 is 0 Å². The lowest BCUT2D eigenvalue weighted by Gasteiger charge is -2.08. The van der Waals surface area contributed by atoms with Crippen molar-refractivity contribution < 1.29 is 0 Å². The molecule has 0 fully saturated rings. The van der Waals surface area contributed by atoms with E-state index in [2.05, 4.69) is 16.7 Å². The van der Waals surface area contributed by atoms with Crippen LogP contribution in [0.1, 0.15) is 0 Å². The normalized spacial score (nSPS) is 11.7.